The molecule has 21 heavy (non-hydrogen) atoms. The van der Waals surface area contributed by atoms with Gasteiger partial charge in [-0.15, -0.1) is 0 Å². The number of hydrogen-bond acceptors (Lipinski definition) is 0. The SMILES string of the molecule is Cc1cc(C)c([Te])c(C)c1.Cc1cc(C)c([Te])c(C)c1.[Cd]. The maximum atomic E-state index is 2.23. The van der Waals surface area contributed by atoms with Gasteiger partial charge in [-0.1, -0.05) is 0 Å². The van der Waals surface area contributed by atoms with E-state index >= 15 is 0 Å². The van der Waals surface area contributed by atoms with Gasteiger partial charge in [0.25, 0.3) is 0 Å². The fourth-order valence-corrected chi connectivity index (χ4v) is 3.01. The Morgan fingerprint density at radius 3 is 0.905 bits per heavy atom. The largest absolute Gasteiger partial charge is 0 e. The second-order valence-corrected chi connectivity index (χ2v) is 7.79. The number of aryl methyl sites for hydroxylation is 6. The van der Waals surface area contributed by atoms with Crippen LogP contribution in [0.3, 0.4) is 0 Å². The molecule has 0 unspecified atom stereocenters. The Bertz CT molecular complexity index is 517. The van der Waals surface area contributed by atoms with E-state index in [0.717, 1.165) is 0 Å². The molecule has 2 aromatic rings. The Kier molecular flexibility index (Phi) is 10.4. The van der Waals surface area contributed by atoms with E-state index in [0.29, 0.717) is 0 Å². The molecule has 0 atom stereocenters. The van der Waals surface area contributed by atoms with Crippen LogP contribution in [0.5, 0.6) is 0 Å². The van der Waals surface area contributed by atoms with E-state index in [-0.39, 0.29) is 27.3 Å². The molecule has 0 saturated heterocycles. The van der Waals surface area contributed by atoms with Crippen molar-refractivity contribution >= 4 is 51.8 Å². The average Bonchev–Trinajstić information content (AvgIpc) is 2.33. The quantitative estimate of drug-likeness (QED) is 0.406. The van der Waals surface area contributed by atoms with E-state index in [1.54, 1.807) is 0 Å². The predicted octanol–water partition coefficient (Wildman–Crippen LogP) is 2.81. The third-order valence-electron chi connectivity index (χ3n) is 3.21. The fourth-order valence-electron chi connectivity index (χ4n) is 2.33. The minimum atomic E-state index is 0. The molecule has 0 aliphatic heterocycles. The summed E-state index contributed by atoms with van der Waals surface area (Å²) in [5, 5.41) is 0. The first-order valence-electron chi connectivity index (χ1n) is 6.72. The number of benzene rings is 2. The van der Waals surface area contributed by atoms with Crippen molar-refractivity contribution in [3.05, 3.63) is 57.6 Å². The van der Waals surface area contributed by atoms with Gasteiger partial charge in [0, 0.05) is 27.3 Å². The first-order chi connectivity index (χ1) is 9.22. The Morgan fingerprint density at radius 2 is 0.714 bits per heavy atom. The van der Waals surface area contributed by atoms with Crippen molar-refractivity contribution in [2.75, 3.05) is 0 Å². The van der Waals surface area contributed by atoms with Crippen molar-refractivity contribution < 1.29 is 27.3 Å². The molecule has 0 N–H and O–H groups in total. The summed E-state index contributed by atoms with van der Waals surface area (Å²) in [6.07, 6.45) is 0. The van der Waals surface area contributed by atoms with Crippen molar-refractivity contribution in [3.63, 3.8) is 0 Å². The molecule has 108 valence electrons. The molecule has 0 saturated carbocycles. The van der Waals surface area contributed by atoms with Crippen LogP contribution < -0.4 is 7.22 Å². The first-order valence-corrected chi connectivity index (χ1v) is 9.05. The Morgan fingerprint density at radius 1 is 0.524 bits per heavy atom. The molecular formula is C18H22CdTe2. The van der Waals surface area contributed by atoms with Crippen LogP contribution in [0, 0.1) is 41.5 Å². The zero-order valence-electron chi connectivity index (χ0n) is 13.8. The van der Waals surface area contributed by atoms with E-state index in [2.05, 4.69) is 110 Å². The topological polar surface area (TPSA) is 0 Å². The zero-order chi connectivity index (χ0) is 15.4. The van der Waals surface area contributed by atoms with Gasteiger partial charge in [-0.05, 0) is 0 Å². The number of rotatable bonds is 0. The number of hydrogen-bond donors (Lipinski definition) is 0. The van der Waals surface area contributed by atoms with Gasteiger partial charge in [0.05, 0.1) is 0 Å². The summed E-state index contributed by atoms with van der Waals surface area (Å²) in [4.78, 5) is 0. The van der Waals surface area contributed by atoms with Crippen LogP contribution in [0.1, 0.15) is 33.4 Å². The average molecular weight is 606 g/mol. The normalized spacial score (nSPS) is 9.43. The maximum absolute atomic E-state index is 2.23. The van der Waals surface area contributed by atoms with E-state index in [1.807, 2.05) is 0 Å². The van der Waals surface area contributed by atoms with Crippen molar-refractivity contribution in [1.29, 1.82) is 0 Å². The van der Waals surface area contributed by atoms with Crippen LogP contribution in [0.4, 0.5) is 0 Å². The van der Waals surface area contributed by atoms with Gasteiger partial charge >= 0.3 is 151 Å². The van der Waals surface area contributed by atoms with Gasteiger partial charge in [0.2, 0.25) is 0 Å². The molecule has 0 aliphatic rings. The molecule has 2 aromatic carbocycles. The van der Waals surface area contributed by atoms with E-state index in [9.17, 15) is 0 Å². The molecular weight excluding hydrogens is 584 g/mol. The van der Waals surface area contributed by atoms with Gasteiger partial charge in [-0.3, -0.25) is 0 Å². The molecule has 2 radical (unpaired) electrons. The Hall–Kier alpha value is 0.941. The van der Waals surface area contributed by atoms with E-state index < -0.39 is 0 Å². The van der Waals surface area contributed by atoms with Gasteiger partial charge in [0.1, 0.15) is 0 Å². The molecule has 0 amide bonds. The van der Waals surface area contributed by atoms with Crippen LogP contribution in [0.2, 0.25) is 0 Å². The molecule has 0 spiro atoms. The monoisotopic (exact) mass is 612 g/mol. The van der Waals surface area contributed by atoms with E-state index in [4.69, 9.17) is 0 Å². The molecule has 0 nitrogen and oxygen atoms in total. The van der Waals surface area contributed by atoms with Crippen LogP contribution in [-0.2, 0) is 27.3 Å². The second-order valence-electron chi connectivity index (χ2n) is 5.46. The van der Waals surface area contributed by atoms with Crippen molar-refractivity contribution in [1.82, 2.24) is 0 Å². The second kappa shape index (κ2) is 9.94. The van der Waals surface area contributed by atoms with Gasteiger partial charge < -0.3 is 0 Å². The van der Waals surface area contributed by atoms with E-state index in [1.165, 1.54) is 40.6 Å². The summed E-state index contributed by atoms with van der Waals surface area (Å²) in [5.41, 5.74) is 8.35. The zero-order valence-corrected chi connectivity index (χ0v) is 22.5. The van der Waals surface area contributed by atoms with Gasteiger partial charge in [0.15, 0.2) is 0 Å². The van der Waals surface area contributed by atoms with Crippen LogP contribution >= 0.6 is 0 Å². The first kappa shape index (κ1) is 21.9. The third-order valence-corrected chi connectivity index (χ3v) is 6.89. The Balaban J connectivity index is 0.000000364. The molecule has 0 heterocycles. The summed E-state index contributed by atoms with van der Waals surface area (Å²) in [7, 11) is 0. The standard InChI is InChI=1S/2C9H11Te.Cd/c2*1-6-4-7(2)9(10)8(3)5-6;/h2*4-5H,1-3H3;. The minimum Gasteiger partial charge on any atom is 0 e. The molecule has 3 heteroatoms. The Labute approximate surface area is 176 Å². The summed E-state index contributed by atoms with van der Waals surface area (Å²) in [6, 6.07) is 8.91. The van der Waals surface area contributed by atoms with Crippen LogP contribution in [-0.4, -0.2) is 44.6 Å². The van der Waals surface area contributed by atoms with Crippen molar-refractivity contribution in [2.24, 2.45) is 0 Å². The summed E-state index contributed by atoms with van der Waals surface area (Å²) in [6.45, 7) is 12.9. The van der Waals surface area contributed by atoms with Crippen LogP contribution in [0.25, 0.3) is 0 Å². The molecule has 0 aromatic heterocycles. The summed E-state index contributed by atoms with van der Waals surface area (Å²) < 4.78 is 2.86. The maximum Gasteiger partial charge on any atom is 0 e. The molecule has 2 rings (SSSR count). The predicted molar refractivity (Wildman–Crippen MR) is 92.1 cm³/mol. The summed E-state index contributed by atoms with van der Waals surface area (Å²) >= 11 is 4.20. The molecule has 0 fully saturated rings. The van der Waals surface area contributed by atoms with Gasteiger partial charge in [-0.2, -0.15) is 0 Å². The fraction of sp³-hybridized carbons (Fsp3) is 0.333. The minimum absolute atomic E-state index is 0. The van der Waals surface area contributed by atoms with Crippen molar-refractivity contribution in [2.45, 2.75) is 41.5 Å². The third kappa shape index (κ3) is 6.92. The summed E-state index contributed by atoms with van der Waals surface area (Å²) in [5.74, 6) is 0. The van der Waals surface area contributed by atoms with Gasteiger partial charge in [-0.25, -0.2) is 0 Å². The molecule has 0 bridgehead atoms. The van der Waals surface area contributed by atoms with Crippen molar-refractivity contribution in [3.8, 4) is 0 Å². The van der Waals surface area contributed by atoms with Crippen LogP contribution in [0.15, 0.2) is 24.3 Å². The smallest absolute Gasteiger partial charge is 0 e. The molecule has 0 aliphatic carbocycles.